The Balaban J connectivity index is 0.00000149. The van der Waals surface area contributed by atoms with E-state index < -0.39 is 0 Å². The van der Waals surface area contributed by atoms with Crippen molar-refractivity contribution in [3.8, 4) is 5.75 Å². The van der Waals surface area contributed by atoms with Gasteiger partial charge in [-0.15, -0.1) is 0 Å². The highest BCUT2D eigenvalue weighted by Gasteiger charge is 2.17. The van der Waals surface area contributed by atoms with Crippen LogP contribution in [0.3, 0.4) is 0 Å². The zero-order valence-electron chi connectivity index (χ0n) is 15.5. The second-order valence-corrected chi connectivity index (χ2v) is 5.26. The number of nitrogens with zero attached hydrogens (tertiary/aromatic N) is 1. The Labute approximate surface area is 141 Å². The summed E-state index contributed by atoms with van der Waals surface area (Å²) in [4.78, 5) is 13.5. The summed E-state index contributed by atoms with van der Waals surface area (Å²) in [6.45, 7) is 10.8. The van der Waals surface area contributed by atoms with Gasteiger partial charge in [0.15, 0.2) is 0 Å². The van der Waals surface area contributed by atoms with Crippen LogP contribution < -0.4 is 15.4 Å². The largest absolute Gasteiger partial charge is 0.496 e. The van der Waals surface area contributed by atoms with Crippen LogP contribution in [0.15, 0.2) is 24.3 Å². The number of urea groups is 1. The number of nitrogens with one attached hydrogen (secondary N) is 2. The summed E-state index contributed by atoms with van der Waals surface area (Å²) in [7, 11) is 3.30. The number of para-hydroxylation sites is 1. The van der Waals surface area contributed by atoms with Crippen LogP contribution in [0.2, 0.25) is 0 Å². The fourth-order valence-electron chi connectivity index (χ4n) is 2.24. The quantitative estimate of drug-likeness (QED) is 0.808. The third-order valence-corrected chi connectivity index (χ3v) is 3.45. The number of carbonyl (C=O) groups is 1. The zero-order chi connectivity index (χ0) is 17.7. The molecule has 0 aliphatic heterocycles. The number of benzene rings is 1. The van der Waals surface area contributed by atoms with Crippen molar-refractivity contribution in [1.82, 2.24) is 15.5 Å². The molecule has 2 amide bonds. The molecule has 1 rings (SSSR count). The van der Waals surface area contributed by atoms with Crippen molar-refractivity contribution in [3.63, 3.8) is 0 Å². The lowest BCUT2D eigenvalue weighted by atomic mass is 10.1. The van der Waals surface area contributed by atoms with Crippen LogP contribution in [-0.2, 0) is 0 Å². The number of amides is 2. The highest BCUT2D eigenvalue weighted by molar-refractivity contribution is 5.73. The second kappa shape index (κ2) is 12.8. The SMILES string of the molecule is CCC.CCN(CCNC(=O)NC)[C@@H](C)c1ccccc1OC. The Morgan fingerprint density at radius 1 is 1.26 bits per heavy atom. The molecule has 132 valence electrons. The van der Waals surface area contributed by atoms with Crippen molar-refractivity contribution >= 4 is 6.03 Å². The monoisotopic (exact) mass is 323 g/mol. The summed E-state index contributed by atoms with van der Waals surface area (Å²) in [5.41, 5.74) is 1.16. The molecule has 0 saturated heterocycles. The summed E-state index contributed by atoms with van der Waals surface area (Å²) >= 11 is 0. The van der Waals surface area contributed by atoms with Crippen molar-refractivity contribution in [1.29, 1.82) is 0 Å². The molecular formula is C18H33N3O2. The standard InChI is InChI=1S/C15H25N3O2.C3H8/c1-5-18(11-10-17-15(19)16-3)12(2)13-8-6-7-9-14(13)20-4;1-3-2/h6-9,12H,5,10-11H2,1-4H3,(H2,16,17,19);3H2,1-2H3/t12-;/m0./s1. The summed E-state index contributed by atoms with van der Waals surface area (Å²) < 4.78 is 5.41. The van der Waals surface area contributed by atoms with Crippen LogP contribution in [0.25, 0.3) is 0 Å². The predicted molar refractivity (Wildman–Crippen MR) is 97.1 cm³/mol. The molecule has 0 spiro atoms. The van der Waals surface area contributed by atoms with E-state index >= 15 is 0 Å². The molecule has 2 N–H and O–H groups in total. The second-order valence-electron chi connectivity index (χ2n) is 5.26. The minimum atomic E-state index is -0.147. The van der Waals surface area contributed by atoms with Crippen LogP contribution in [0.4, 0.5) is 4.79 Å². The highest BCUT2D eigenvalue weighted by atomic mass is 16.5. The molecular weight excluding hydrogens is 290 g/mol. The van der Waals surface area contributed by atoms with Crippen molar-refractivity contribution in [2.75, 3.05) is 33.8 Å². The van der Waals surface area contributed by atoms with E-state index in [1.807, 2.05) is 18.2 Å². The van der Waals surface area contributed by atoms with Gasteiger partial charge in [0.2, 0.25) is 0 Å². The highest BCUT2D eigenvalue weighted by Crippen LogP contribution is 2.28. The normalized spacial score (nSPS) is 11.3. The molecule has 1 atom stereocenters. The Morgan fingerprint density at radius 2 is 1.87 bits per heavy atom. The Bertz CT molecular complexity index is 438. The lowest BCUT2D eigenvalue weighted by Gasteiger charge is -2.29. The molecule has 0 heterocycles. The van der Waals surface area contributed by atoms with E-state index in [-0.39, 0.29) is 12.1 Å². The number of hydrogen-bond acceptors (Lipinski definition) is 3. The van der Waals surface area contributed by atoms with Gasteiger partial charge < -0.3 is 15.4 Å². The van der Waals surface area contributed by atoms with Crippen LogP contribution in [0.5, 0.6) is 5.75 Å². The Hall–Kier alpha value is -1.75. The molecule has 0 aromatic heterocycles. The van der Waals surface area contributed by atoms with Gasteiger partial charge in [0.1, 0.15) is 5.75 Å². The summed E-state index contributed by atoms with van der Waals surface area (Å²) in [5, 5.41) is 5.36. The molecule has 0 radical (unpaired) electrons. The fourth-order valence-corrected chi connectivity index (χ4v) is 2.24. The van der Waals surface area contributed by atoms with Gasteiger partial charge in [-0.25, -0.2) is 4.79 Å². The summed E-state index contributed by atoms with van der Waals surface area (Å²) in [6.07, 6.45) is 1.25. The molecule has 5 heteroatoms. The predicted octanol–water partition coefficient (Wildman–Crippen LogP) is 3.42. The number of likely N-dealkylation sites (N-methyl/N-ethyl adjacent to an activating group) is 1. The van der Waals surface area contributed by atoms with E-state index in [0.29, 0.717) is 6.54 Å². The maximum atomic E-state index is 11.2. The summed E-state index contributed by atoms with van der Waals surface area (Å²) in [5.74, 6) is 0.901. The van der Waals surface area contributed by atoms with Crippen molar-refractivity contribution in [2.45, 2.75) is 40.2 Å². The average molecular weight is 323 g/mol. The molecule has 0 saturated carbocycles. The van der Waals surface area contributed by atoms with E-state index in [1.165, 1.54) is 6.42 Å². The molecule has 1 aromatic rings. The van der Waals surface area contributed by atoms with Gasteiger partial charge in [-0.3, -0.25) is 4.90 Å². The van der Waals surface area contributed by atoms with Gasteiger partial charge in [0.05, 0.1) is 7.11 Å². The fraction of sp³-hybridized carbons (Fsp3) is 0.611. The minimum absolute atomic E-state index is 0.147. The molecule has 5 nitrogen and oxygen atoms in total. The third-order valence-electron chi connectivity index (χ3n) is 3.45. The number of rotatable bonds is 7. The molecule has 0 aliphatic rings. The van der Waals surface area contributed by atoms with Crippen molar-refractivity contribution < 1.29 is 9.53 Å². The van der Waals surface area contributed by atoms with E-state index in [4.69, 9.17) is 4.74 Å². The first-order valence-electron chi connectivity index (χ1n) is 8.38. The average Bonchev–Trinajstić information content (AvgIpc) is 2.58. The van der Waals surface area contributed by atoms with Crippen molar-refractivity contribution in [3.05, 3.63) is 29.8 Å². The smallest absolute Gasteiger partial charge is 0.314 e. The number of methoxy groups -OCH3 is 1. The number of ether oxygens (including phenoxy) is 1. The van der Waals surface area contributed by atoms with Crippen LogP contribution in [0.1, 0.15) is 45.7 Å². The summed E-state index contributed by atoms with van der Waals surface area (Å²) in [6, 6.07) is 8.14. The Morgan fingerprint density at radius 3 is 2.39 bits per heavy atom. The van der Waals surface area contributed by atoms with E-state index in [2.05, 4.69) is 49.3 Å². The first-order valence-corrected chi connectivity index (χ1v) is 8.38. The number of carbonyl (C=O) groups excluding carboxylic acids is 1. The maximum absolute atomic E-state index is 11.2. The maximum Gasteiger partial charge on any atom is 0.314 e. The first kappa shape index (κ1) is 21.2. The lowest BCUT2D eigenvalue weighted by Crippen LogP contribution is -2.39. The van der Waals surface area contributed by atoms with Crippen molar-refractivity contribution in [2.24, 2.45) is 0 Å². The van der Waals surface area contributed by atoms with Crippen LogP contribution >= 0.6 is 0 Å². The van der Waals surface area contributed by atoms with Gasteiger partial charge in [-0.2, -0.15) is 0 Å². The molecule has 0 bridgehead atoms. The van der Waals surface area contributed by atoms with Gasteiger partial charge in [-0.05, 0) is 19.5 Å². The first-order chi connectivity index (χ1) is 11.0. The third kappa shape index (κ3) is 7.88. The number of hydrogen-bond donors (Lipinski definition) is 2. The lowest BCUT2D eigenvalue weighted by molar-refractivity contribution is 0.213. The van der Waals surface area contributed by atoms with E-state index in [0.717, 1.165) is 24.4 Å². The van der Waals surface area contributed by atoms with Crippen LogP contribution in [-0.4, -0.2) is 44.7 Å². The topological polar surface area (TPSA) is 53.6 Å². The van der Waals surface area contributed by atoms with E-state index in [9.17, 15) is 4.79 Å². The van der Waals surface area contributed by atoms with Gasteiger partial charge >= 0.3 is 6.03 Å². The van der Waals surface area contributed by atoms with Gasteiger partial charge in [0.25, 0.3) is 0 Å². The molecule has 23 heavy (non-hydrogen) atoms. The van der Waals surface area contributed by atoms with Crippen LogP contribution in [0, 0.1) is 0 Å². The zero-order valence-corrected chi connectivity index (χ0v) is 15.5. The van der Waals surface area contributed by atoms with E-state index in [1.54, 1.807) is 14.2 Å². The molecule has 0 aliphatic carbocycles. The minimum Gasteiger partial charge on any atom is -0.496 e. The van der Waals surface area contributed by atoms with Gasteiger partial charge in [0, 0.05) is 31.7 Å². The molecule has 1 aromatic carbocycles. The molecule has 0 unspecified atom stereocenters. The molecule has 0 fully saturated rings. The Kier molecular flexibility index (Phi) is 11.8. The van der Waals surface area contributed by atoms with Gasteiger partial charge in [-0.1, -0.05) is 45.4 Å².